The first-order chi connectivity index (χ1) is 13.8. The maximum atomic E-state index is 2.28. The van der Waals surface area contributed by atoms with E-state index >= 15 is 0 Å². The van der Waals surface area contributed by atoms with Crippen molar-refractivity contribution in [1.29, 1.82) is 0 Å². The molecule has 0 aromatic heterocycles. The van der Waals surface area contributed by atoms with Gasteiger partial charge in [0.2, 0.25) is 0 Å². The van der Waals surface area contributed by atoms with Crippen LogP contribution >= 0.6 is 0 Å². The fraction of sp³-hybridized carbons (Fsp3) is 0.357. The molecule has 0 fully saturated rings. The van der Waals surface area contributed by atoms with Gasteiger partial charge < -0.3 is 0 Å². The second kappa shape index (κ2) is 12.6. The molecule has 0 unspecified atom stereocenters. The topological polar surface area (TPSA) is 0 Å². The smallest absolute Gasteiger partial charge is 0.165 e. The Hall–Kier alpha value is -1.24. The molecule has 2 heteroatoms. The van der Waals surface area contributed by atoms with Crippen LogP contribution < -0.4 is 0 Å². The minimum atomic E-state index is 0. The van der Waals surface area contributed by atoms with E-state index in [0.29, 0.717) is 11.8 Å². The number of hydrogen-bond donors (Lipinski definition) is 0. The third-order valence-corrected chi connectivity index (χ3v) is 5.10. The first-order valence-corrected chi connectivity index (χ1v) is 12.7. The Morgan fingerprint density at radius 2 is 1.00 bits per heavy atom. The van der Waals surface area contributed by atoms with Gasteiger partial charge in [0.15, 0.2) is 0 Å². The zero-order valence-electron chi connectivity index (χ0n) is 19.9. The van der Waals surface area contributed by atoms with Crippen molar-refractivity contribution in [3.8, 4) is 0 Å². The van der Waals surface area contributed by atoms with Crippen LogP contribution in [0.1, 0.15) is 61.8 Å². The largest absolute Gasteiger partial charge is 2.00 e. The third kappa shape index (κ3) is 6.89. The molecule has 4 aromatic carbocycles. The normalized spacial score (nSPS) is 10.5. The molecular formula is C28H36SiZr. The van der Waals surface area contributed by atoms with E-state index in [2.05, 4.69) is 115 Å². The molecule has 156 valence electrons. The fourth-order valence-corrected chi connectivity index (χ4v) is 3.82. The van der Waals surface area contributed by atoms with Crippen LogP contribution in [0.5, 0.6) is 0 Å². The summed E-state index contributed by atoms with van der Waals surface area (Å²) in [6.07, 6.45) is 0. The molecular weight excluding hydrogens is 456 g/mol. The van der Waals surface area contributed by atoms with Crippen LogP contribution in [0, 0.1) is 13.8 Å². The predicted octanol–water partition coefficient (Wildman–Crippen LogP) is 8.77. The molecule has 30 heavy (non-hydrogen) atoms. The summed E-state index contributed by atoms with van der Waals surface area (Å²) in [5, 5.41) is 5.61. The summed E-state index contributed by atoms with van der Waals surface area (Å²) in [7, 11) is 1.08. The van der Waals surface area contributed by atoms with E-state index in [4.69, 9.17) is 0 Å². The molecule has 0 nitrogen and oxygen atoms in total. The van der Waals surface area contributed by atoms with E-state index in [1.807, 2.05) is 0 Å². The molecule has 0 aliphatic carbocycles. The summed E-state index contributed by atoms with van der Waals surface area (Å²) in [5.41, 5.74) is 5.66. The summed E-state index contributed by atoms with van der Waals surface area (Å²) in [4.78, 5) is 0. The van der Waals surface area contributed by atoms with Gasteiger partial charge in [0.1, 0.15) is 0 Å². The van der Waals surface area contributed by atoms with Crippen molar-refractivity contribution < 1.29 is 26.2 Å². The van der Waals surface area contributed by atoms with Gasteiger partial charge >= 0.3 is 26.2 Å². The molecule has 0 aliphatic heterocycles. The summed E-state index contributed by atoms with van der Waals surface area (Å²) >= 11 is 0. The maximum Gasteiger partial charge on any atom is 2.00 e. The van der Waals surface area contributed by atoms with Crippen molar-refractivity contribution in [2.24, 2.45) is 0 Å². The predicted molar refractivity (Wildman–Crippen MR) is 134 cm³/mol. The van der Waals surface area contributed by atoms with Gasteiger partial charge in [0.05, 0.1) is 0 Å². The molecule has 0 saturated carbocycles. The zero-order valence-corrected chi connectivity index (χ0v) is 23.4. The monoisotopic (exact) mass is 490 g/mol. The van der Waals surface area contributed by atoms with E-state index in [-0.39, 0.29) is 26.2 Å². The molecule has 4 rings (SSSR count). The van der Waals surface area contributed by atoms with Crippen LogP contribution in [-0.4, -0.2) is 9.52 Å². The standard InChI is InChI=1S/2C13H15.C2H6Si.Zr/c2*1-9(2)12-6-4-5-11-7-10(3)8-13(11)12;1-3-2;/h2*4-9H,1-3H3;1-2H3;/q2*-1;;+2. The van der Waals surface area contributed by atoms with Crippen molar-refractivity contribution in [2.45, 2.75) is 66.5 Å². The van der Waals surface area contributed by atoms with Crippen LogP contribution in [0.2, 0.25) is 13.1 Å². The van der Waals surface area contributed by atoms with Crippen molar-refractivity contribution in [1.82, 2.24) is 0 Å². The van der Waals surface area contributed by atoms with Crippen molar-refractivity contribution in [3.63, 3.8) is 0 Å². The van der Waals surface area contributed by atoms with Gasteiger partial charge in [-0.2, -0.15) is 12.1 Å². The molecule has 0 N–H and O–H groups in total. The average Bonchev–Trinajstić information content (AvgIpc) is 3.22. The van der Waals surface area contributed by atoms with E-state index in [0.717, 1.165) is 9.52 Å². The van der Waals surface area contributed by atoms with Gasteiger partial charge in [-0.25, -0.2) is 0 Å². The van der Waals surface area contributed by atoms with E-state index in [1.165, 1.54) is 43.8 Å². The van der Waals surface area contributed by atoms with Gasteiger partial charge in [-0.05, 0) is 11.8 Å². The number of rotatable bonds is 2. The Morgan fingerprint density at radius 1 is 0.667 bits per heavy atom. The van der Waals surface area contributed by atoms with Gasteiger partial charge in [-0.3, -0.25) is 0 Å². The Bertz CT molecular complexity index is 949. The number of fused-ring (bicyclic) bond motifs is 2. The first-order valence-electron chi connectivity index (χ1n) is 10.7. The molecule has 0 saturated heterocycles. The summed E-state index contributed by atoms with van der Waals surface area (Å²) in [5.74, 6) is 1.23. The molecule has 0 amide bonds. The quantitative estimate of drug-likeness (QED) is 0.194. The van der Waals surface area contributed by atoms with Crippen molar-refractivity contribution in [3.05, 3.63) is 82.9 Å². The minimum Gasteiger partial charge on any atom is -0.165 e. The molecule has 0 heterocycles. The summed E-state index contributed by atoms with van der Waals surface area (Å²) in [6.45, 7) is 17.6. The van der Waals surface area contributed by atoms with Gasteiger partial charge in [-0.15, -0.1) is 69.1 Å². The molecule has 0 spiro atoms. The molecule has 0 bridgehead atoms. The second-order valence-electron chi connectivity index (χ2n) is 8.58. The fourth-order valence-electron chi connectivity index (χ4n) is 3.82. The van der Waals surface area contributed by atoms with Crippen LogP contribution in [0.3, 0.4) is 0 Å². The van der Waals surface area contributed by atoms with Gasteiger partial charge in [0.25, 0.3) is 0 Å². The van der Waals surface area contributed by atoms with Crippen LogP contribution in [0.25, 0.3) is 21.5 Å². The minimum absolute atomic E-state index is 0. The second-order valence-corrected chi connectivity index (χ2v) is 9.58. The maximum absolute atomic E-state index is 2.28. The van der Waals surface area contributed by atoms with Crippen LogP contribution in [-0.2, 0) is 26.2 Å². The Labute approximate surface area is 205 Å². The van der Waals surface area contributed by atoms with E-state index in [1.54, 1.807) is 0 Å². The van der Waals surface area contributed by atoms with Gasteiger partial charge in [0, 0.05) is 9.52 Å². The Balaban J connectivity index is 0.000000258. The summed E-state index contributed by atoms with van der Waals surface area (Å²) in [6, 6.07) is 22.2. The molecule has 4 aromatic rings. The molecule has 0 aliphatic rings. The van der Waals surface area contributed by atoms with Crippen molar-refractivity contribution in [2.75, 3.05) is 0 Å². The Kier molecular flexibility index (Phi) is 11.2. The zero-order chi connectivity index (χ0) is 21.6. The number of benzene rings is 2. The Morgan fingerprint density at radius 3 is 1.30 bits per heavy atom. The molecule has 0 atom stereocenters. The van der Waals surface area contributed by atoms with E-state index in [9.17, 15) is 0 Å². The third-order valence-electron chi connectivity index (χ3n) is 5.10. The first kappa shape index (κ1) is 26.8. The van der Waals surface area contributed by atoms with Gasteiger partial charge in [-0.1, -0.05) is 77.9 Å². The van der Waals surface area contributed by atoms with Crippen LogP contribution in [0.4, 0.5) is 0 Å². The van der Waals surface area contributed by atoms with Crippen LogP contribution in [0.15, 0.2) is 60.7 Å². The van der Waals surface area contributed by atoms with E-state index < -0.39 is 0 Å². The summed E-state index contributed by atoms with van der Waals surface area (Å²) < 4.78 is 0. The number of hydrogen-bond acceptors (Lipinski definition) is 0. The number of aryl methyl sites for hydroxylation is 2. The molecule has 2 radical (unpaired) electrons. The van der Waals surface area contributed by atoms with Crippen molar-refractivity contribution >= 4 is 31.1 Å². The average molecular weight is 492 g/mol. The SMILES string of the molecule is C[Si]C.Cc1cc2c(C(C)C)cccc2[cH-]1.Cc1cc2c(C(C)C)cccc2[cH-]1.[Zr+2].